The Hall–Kier alpha value is -2.22. The third kappa shape index (κ3) is 2.85. The molecular weight excluding hydrogens is 267 g/mol. The average molecular weight is 282 g/mol. The lowest BCUT2D eigenvalue weighted by atomic mass is 10.1. The molecule has 1 saturated carbocycles. The van der Waals surface area contributed by atoms with Crippen LogP contribution in [0.4, 0.5) is 15.8 Å². The molecule has 4 N–H and O–H groups in total. The van der Waals surface area contributed by atoms with Crippen LogP contribution in [0.1, 0.15) is 36.0 Å². The second kappa shape index (κ2) is 5.83. The molecule has 108 valence electrons. The van der Waals surface area contributed by atoms with Crippen LogP contribution >= 0.6 is 0 Å². The molecule has 0 radical (unpaired) electrons. The van der Waals surface area contributed by atoms with Crippen LogP contribution in [0, 0.1) is 15.9 Å². The smallest absolute Gasteiger partial charge is 0.285 e. The molecule has 7 nitrogen and oxygen atoms in total. The molecule has 1 aromatic rings. The van der Waals surface area contributed by atoms with Gasteiger partial charge in [0.05, 0.1) is 16.7 Å². The number of nitrogen functional groups attached to an aromatic ring is 1. The van der Waals surface area contributed by atoms with Gasteiger partial charge in [-0.3, -0.25) is 20.8 Å². The first-order chi connectivity index (χ1) is 9.52. The zero-order valence-electron chi connectivity index (χ0n) is 10.7. The summed E-state index contributed by atoms with van der Waals surface area (Å²) < 4.78 is 13.5. The summed E-state index contributed by atoms with van der Waals surface area (Å²) in [5.41, 5.74) is 1.14. The zero-order chi connectivity index (χ0) is 14.7. The number of halogens is 1. The Labute approximate surface area is 114 Å². The van der Waals surface area contributed by atoms with Crippen molar-refractivity contribution in [2.45, 2.75) is 31.7 Å². The fraction of sp³-hybridized carbons (Fsp3) is 0.417. The van der Waals surface area contributed by atoms with Crippen molar-refractivity contribution in [3.63, 3.8) is 0 Å². The summed E-state index contributed by atoms with van der Waals surface area (Å²) in [4.78, 5) is 22.2. The third-order valence-electron chi connectivity index (χ3n) is 3.37. The molecule has 0 atom stereocenters. The van der Waals surface area contributed by atoms with E-state index in [2.05, 4.69) is 10.7 Å². The van der Waals surface area contributed by atoms with Crippen LogP contribution in [0.2, 0.25) is 0 Å². The maximum absolute atomic E-state index is 13.5. The van der Waals surface area contributed by atoms with Gasteiger partial charge in [-0.15, -0.1) is 0 Å². The Kier molecular flexibility index (Phi) is 4.14. The molecule has 0 heterocycles. The summed E-state index contributed by atoms with van der Waals surface area (Å²) >= 11 is 0. The van der Waals surface area contributed by atoms with Crippen molar-refractivity contribution in [1.29, 1.82) is 0 Å². The van der Waals surface area contributed by atoms with Crippen LogP contribution in [0.15, 0.2) is 12.1 Å². The van der Waals surface area contributed by atoms with Crippen molar-refractivity contribution < 1.29 is 14.1 Å². The number of anilines is 1. The highest BCUT2D eigenvalue weighted by atomic mass is 19.1. The van der Waals surface area contributed by atoms with E-state index in [1.807, 2.05) is 0 Å². The van der Waals surface area contributed by atoms with Crippen molar-refractivity contribution in [3.8, 4) is 0 Å². The summed E-state index contributed by atoms with van der Waals surface area (Å²) in [6.07, 6.45) is 3.74. The van der Waals surface area contributed by atoms with Crippen molar-refractivity contribution in [3.05, 3.63) is 33.6 Å². The molecular formula is C12H15FN4O3. The predicted octanol–water partition coefficient (Wildman–Crippen LogP) is 1.69. The SMILES string of the molecule is NNc1cc(C(=O)NC2CCCC2)c([N+](=O)[O-])cc1F. The normalized spacial score (nSPS) is 15.1. The number of rotatable bonds is 4. The monoisotopic (exact) mass is 282 g/mol. The number of hydrazine groups is 1. The van der Waals surface area contributed by atoms with Crippen LogP contribution in [0.3, 0.4) is 0 Å². The van der Waals surface area contributed by atoms with Gasteiger partial charge >= 0.3 is 0 Å². The Morgan fingerprint density at radius 3 is 2.60 bits per heavy atom. The minimum absolute atomic E-state index is 0.0152. The summed E-state index contributed by atoms with van der Waals surface area (Å²) in [5.74, 6) is 3.66. The number of nitrogens with one attached hydrogen (secondary N) is 2. The average Bonchev–Trinajstić information content (AvgIpc) is 2.90. The van der Waals surface area contributed by atoms with E-state index >= 15 is 0 Å². The number of nitrogens with zero attached hydrogens (tertiary/aromatic N) is 1. The predicted molar refractivity (Wildman–Crippen MR) is 70.6 cm³/mol. The Balaban J connectivity index is 2.32. The highest BCUT2D eigenvalue weighted by molar-refractivity contribution is 5.99. The molecule has 0 aliphatic heterocycles. The van der Waals surface area contributed by atoms with E-state index < -0.39 is 22.3 Å². The van der Waals surface area contributed by atoms with Crippen LogP contribution in [0.5, 0.6) is 0 Å². The quantitative estimate of drug-likeness (QED) is 0.442. The molecule has 0 saturated heterocycles. The molecule has 1 aliphatic rings. The van der Waals surface area contributed by atoms with Gasteiger partial charge in [0.25, 0.3) is 11.6 Å². The van der Waals surface area contributed by atoms with E-state index in [1.54, 1.807) is 0 Å². The van der Waals surface area contributed by atoms with Crippen molar-refractivity contribution in [2.75, 3.05) is 5.43 Å². The molecule has 0 unspecified atom stereocenters. The number of benzene rings is 1. The highest BCUT2D eigenvalue weighted by Crippen LogP contribution is 2.26. The number of carbonyl (C=O) groups excluding carboxylic acids is 1. The number of carbonyl (C=O) groups is 1. The third-order valence-corrected chi connectivity index (χ3v) is 3.37. The van der Waals surface area contributed by atoms with Crippen molar-refractivity contribution in [1.82, 2.24) is 5.32 Å². The van der Waals surface area contributed by atoms with Crippen molar-refractivity contribution in [2.24, 2.45) is 5.84 Å². The Morgan fingerprint density at radius 1 is 1.40 bits per heavy atom. The number of nitro groups is 1. The molecule has 1 aromatic carbocycles. The van der Waals surface area contributed by atoms with E-state index in [1.165, 1.54) is 0 Å². The van der Waals surface area contributed by atoms with Crippen LogP contribution < -0.4 is 16.6 Å². The molecule has 1 amide bonds. The second-order valence-corrected chi connectivity index (χ2v) is 4.71. The van der Waals surface area contributed by atoms with Crippen LogP contribution in [-0.4, -0.2) is 16.9 Å². The number of hydrogen-bond acceptors (Lipinski definition) is 5. The molecule has 0 spiro atoms. The van der Waals surface area contributed by atoms with E-state index in [0.717, 1.165) is 31.7 Å². The van der Waals surface area contributed by atoms with Crippen LogP contribution in [-0.2, 0) is 0 Å². The summed E-state index contributed by atoms with van der Waals surface area (Å²) in [6.45, 7) is 0. The van der Waals surface area contributed by atoms with Gasteiger partial charge in [0.15, 0.2) is 5.82 Å². The Morgan fingerprint density at radius 2 is 2.05 bits per heavy atom. The number of nitro benzene ring substituents is 1. The lowest BCUT2D eigenvalue weighted by Crippen LogP contribution is -2.33. The molecule has 8 heteroatoms. The number of hydrogen-bond donors (Lipinski definition) is 3. The summed E-state index contributed by atoms with van der Waals surface area (Å²) in [7, 11) is 0. The fourth-order valence-corrected chi connectivity index (χ4v) is 2.34. The van der Waals surface area contributed by atoms with E-state index in [0.29, 0.717) is 6.07 Å². The highest BCUT2D eigenvalue weighted by Gasteiger charge is 2.26. The van der Waals surface area contributed by atoms with Gasteiger partial charge in [-0.05, 0) is 18.9 Å². The van der Waals surface area contributed by atoms with Gasteiger partial charge in [-0.25, -0.2) is 4.39 Å². The van der Waals surface area contributed by atoms with Gasteiger partial charge in [-0.2, -0.15) is 0 Å². The first kappa shape index (κ1) is 14.2. The van der Waals surface area contributed by atoms with Gasteiger partial charge in [0.1, 0.15) is 5.56 Å². The molecule has 0 bridgehead atoms. The summed E-state index contributed by atoms with van der Waals surface area (Å²) in [5, 5.41) is 13.6. The zero-order valence-corrected chi connectivity index (χ0v) is 10.7. The van der Waals surface area contributed by atoms with Gasteiger partial charge in [0.2, 0.25) is 0 Å². The first-order valence-electron chi connectivity index (χ1n) is 6.28. The lowest BCUT2D eigenvalue weighted by Gasteiger charge is -2.13. The maximum atomic E-state index is 13.5. The Bertz CT molecular complexity index is 544. The van der Waals surface area contributed by atoms with E-state index in [-0.39, 0.29) is 17.3 Å². The molecule has 20 heavy (non-hydrogen) atoms. The minimum Gasteiger partial charge on any atom is -0.349 e. The van der Waals surface area contributed by atoms with E-state index in [9.17, 15) is 19.3 Å². The molecule has 2 rings (SSSR count). The topological polar surface area (TPSA) is 110 Å². The largest absolute Gasteiger partial charge is 0.349 e. The van der Waals surface area contributed by atoms with Gasteiger partial charge in [-0.1, -0.05) is 12.8 Å². The second-order valence-electron chi connectivity index (χ2n) is 4.71. The minimum atomic E-state index is -0.878. The number of amides is 1. The van der Waals surface area contributed by atoms with E-state index in [4.69, 9.17) is 5.84 Å². The lowest BCUT2D eigenvalue weighted by molar-refractivity contribution is -0.385. The van der Waals surface area contributed by atoms with Gasteiger partial charge in [0, 0.05) is 6.04 Å². The standard InChI is InChI=1S/C12H15FN4O3/c13-9-6-11(17(19)20)8(5-10(9)16-14)12(18)15-7-3-1-2-4-7/h5-7,16H,1-4,14H2,(H,15,18). The molecule has 0 aromatic heterocycles. The van der Waals surface area contributed by atoms with Crippen molar-refractivity contribution >= 4 is 17.3 Å². The van der Waals surface area contributed by atoms with Crippen LogP contribution in [0.25, 0.3) is 0 Å². The molecule has 1 fully saturated rings. The number of nitrogens with two attached hydrogens (primary N) is 1. The first-order valence-corrected chi connectivity index (χ1v) is 6.28. The summed E-state index contributed by atoms with van der Waals surface area (Å²) in [6, 6.07) is 1.76. The van der Waals surface area contributed by atoms with Gasteiger partial charge < -0.3 is 10.7 Å². The maximum Gasteiger partial charge on any atom is 0.285 e. The molecule has 1 aliphatic carbocycles. The fourth-order valence-electron chi connectivity index (χ4n) is 2.34.